The molecule has 2 rings (SSSR count). The van der Waals surface area contributed by atoms with Crippen LogP contribution in [-0.2, 0) is 11.3 Å². The number of nitrogens with zero attached hydrogens (tertiary/aromatic N) is 1. The first-order chi connectivity index (χ1) is 12.3. The zero-order valence-corrected chi connectivity index (χ0v) is 16.4. The Hall–Kier alpha value is -2.08. The molecule has 0 saturated carbocycles. The van der Waals surface area contributed by atoms with Crippen molar-refractivity contribution < 1.29 is 9.59 Å². The number of likely N-dealkylation sites (N-methyl/N-ethyl adjacent to an activating group) is 1. The average molecular weight is 394 g/mol. The van der Waals surface area contributed by atoms with Crippen molar-refractivity contribution in [1.82, 2.24) is 10.2 Å². The first-order valence-electron chi connectivity index (χ1n) is 8.09. The summed E-state index contributed by atoms with van der Waals surface area (Å²) in [6, 6.07) is 11.8. The summed E-state index contributed by atoms with van der Waals surface area (Å²) in [5.74, 6) is -0.295. The Morgan fingerprint density at radius 2 is 1.77 bits per heavy atom. The van der Waals surface area contributed by atoms with Gasteiger partial charge in [-0.1, -0.05) is 35.3 Å². The summed E-state index contributed by atoms with van der Waals surface area (Å²) >= 11 is 12.0. The van der Waals surface area contributed by atoms with Crippen LogP contribution in [0.3, 0.4) is 0 Å². The Labute approximate surface area is 163 Å². The van der Waals surface area contributed by atoms with E-state index >= 15 is 0 Å². The highest BCUT2D eigenvalue weighted by Gasteiger charge is 2.19. The van der Waals surface area contributed by atoms with E-state index < -0.39 is 0 Å². The van der Waals surface area contributed by atoms with E-state index in [1.807, 2.05) is 31.0 Å². The van der Waals surface area contributed by atoms with Gasteiger partial charge in [0, 0.05) is 24.2 Å². The van der Waals surface area contributed by atoms with Crippen LogP contribution in [-0.4, -0.2) is 36.9 Å². The molecule has 0 saturated heterocycles. The fourth-order valence-corrected chi connectivity index (χ4v) is 2.81. The summed E-state index contributed by atoms with van der Waals surface area (Å²) < 4.78 is 0. The third-order valence-corrected chi connectivity index (χ3v) is 4.65. The maximum Gasteiger partial charge on any atom is 0.251 e. The number of anilines is 1. The number of halogens is 2. The van der Waals surface area contributed by atoms with Crippen molar-refractivity contribution in [3.63, 3.8) is 0 Å². The summed E-state index contributed by atoms with van der Waals surface area (Å²) in [6.07, 6.45) is 0. The number of carbonyl (C=O) groups is 2. The molecule has 0 aliphatic heterocycles. The van der Waals surface area contributed by atoms with Crippen LogP contribution in [0.1, 0.15) is 22.8 Å². The molecule has 0 spiro atoms. The highest BCUT2D eigenvalue weighted by atomic mass is 35.5. The Kier molecular flexibility index (Phi) is 7.03. The Morgan fingerprint density at radius 3 is 2.35 bits per heavy atom. The maximum absolute atomic E-state index is 12.5. The van der Waals surface area contributed by atoms with Crippen molar-refractivity contribution in [2.24, 2.45) is 0 Å². The van der Waals surface area contributed by atoms with Gasteiger partial charge in [0.1, 0.15) is 0 Å². The molecule has 2 aromatic carbocycles. The lowest BCUT2D eigenvalue weighted by Crippen LogP contribution is -2.39. The fourth-order valence-electron chi connectivity index (χ4n) is 2.36. The first kappa shape index (κ1) is 20.2. The van der Waals surface area contributed by atoms with Gasteiger partial charge in [-0.25, -0.2) is 0 Å². The summed E-state index contributed by atoms with van der Waals surface area (Å²) in [4.78, 5) is 26.0. The van der Waals surface area contributed by atoms with E-state index in [1.165, 1.54) is 0 Å². The third-order valence-electron chi connectivity index (χ3n) is 4.10. The molecule has 5 nitrogen and oxygen atoms in total. The number of amides is 2. The Balaban J connectivity index is 1.98. The molecule has 138 valence electrons. The van der Waals surface area contributed by atoms with Crippen LogP contribution in [0.4, 0.5) is 5.69 Å². The van der Waals surface area contributed by atoms with E-state index in [0.717, 1.165) is 5.56 Å². The van der Waals surface area contributed by atoms with Gasteiger partial charge < -0.3 is 10.6 Å². The topological polar surface area (TPSA) is 61.4 Å². The van der Waals surface area contributed by atoms with Gasteiger partial charge in [-0.05, 0) is 49.9 Å². The smallest absolute Gasteiger partial charge is 0.251 e. The number of rotatable bonds is 6. The highest BCUT2D eigenvalue weighted by molar-refractivity contribution is 6.36. The lowest BCUT2D eigenvalue weighted by atomic mass is 10.1. The largest absolute Gasteiger partial charge is 0.355 e. The molecular weight excluding hydrogens is 373 g/mol. The summed E-state index contributed by atoms with van der Waals surface area (Å²) in [6.45, 7) is 2.38. The van der Waals surface area contributed by atoms with Crippen LogP contribution in [0.15, 0.2) is 42.5 Å². The standard InChI is InChI=1S/C19H21Cl2N3O2/c1-12(18(25)23-17-9-8-15(20)10-16(17)21)24(3)11-13-4-6-14(7-5-13)19(26)22-2/h4-10,12H,11H2,1-3H3,(H,22,26)(H,23,25)/t12-/m1/s1. The first-order valence-corrected chi connectivity index (χ1v) is 8.84. The normalized spacial score (nSPS) is 11.9. The van der Waals surface area contributed by atoms with Crippen molar-refractivity contribution in [1.29, 1.82) is 0 Å². The van der Waals surface area contributed by atoms with Gasteiger partial charge in [0.25, 0.3) is 5.91 Å². The zero-order valence-electron chi connectivity index (χ0n) is 14.8. The highest BCUT2D eigenvalue weighted by Crippen LogP contribution is 2.25. The Morgan fingerprint density at radius 1 is 1.12 bits per heavy atom. The van der Waals surface area contributed by atoms with Crippen molar-refractivity contribution in [3.8, 4) is 0 Å². The van der Waals surface area contributed by atoms with Gasteiger partial charge in [0.15, 0.2) is 0 Å². The van der Waals surface area contributed by atoms with Gasteiger partial charge in [-0.15, -0.1) is 0 Å². The van der Waals surface area contributed by atoms with E-state index in [4.69, 9.17) is 23.2 Å². The van der Waals surface area contributed by atoms with E-state index in [-0.39, 0.29) is 17.9 Å². The SMILES string of the molecule is CNC(=O)c1ccc(CN(C)[C@H](C)C(=O)Nc2ccc(Cl)cc2Cl)cc1. The van der Waals surface area contributed by atoms with Crippen LogP contribution in [0, 0.1) is 0 Å². The van der Waals surface area contributed by atoms with Crippen LogP contribution in [0.25, 0.3) is 0 Å². The van der Waals surface area contributed by atoms with E-state index in [2.05, 4.69) is 10.6 Å². The summed E-state index contributed by atoms with van der Waals surface area (Å²) in [5.41, 5.74) is 2.13. The second kappa shape index (κ2) is 9.03. The van der Waals surface area contributed by atoms with Crippen LogP contribution >= 0.6 is 23.2 Å². The molecule has 0 bridgehead atoms. The zero-order chi connectivity index (χ0) is 19.3. The predicted octanol–water partition coefficient (Wildman–Crippen LogP) is 3.81. The van der Waals surface area contributed by atoms with Crippen molar-refractivity contribution in [2.75, 3.05) is 19.4 Å². The van der Waals surface area contributed by atoms with Gasteiger partial charge in [0.2, 0.25) is 5.91 Å². The summed E-state index contributed by atoms with van der Waals surface area (Å²) in [7, 11) is 3.46. The minimum Gasteiger partial charge on any atom is -0.355 e. The minimum atomic E-state index is -0.375. The molecule has 0 fully saturated rings. The molecular formula is C19H21Cl2N3O2. The molecule has 0 heterocycles. The Bertz CT molecular complexity index is 794. The molecule has 2 amide bonds. The molecule has 7 heteroatoms. The third kappa shape index (κ3) is 5.21. The van der Waals surface area contributed by atoms with Gasteiger partial charge in [-0.2, -0.15) is 0 Å². The van der Waals surface area contributed by atoms with Crippen LogP contribution < -0.4 is 10.6 Å². The van der Waals surface area contributed by atoms with Crippen LogP contribution in [0.2, 0.25) is 10.0 Å². The van der Waals surface area contributed by atoms with Crippen LogP contribution in [0.5, 0.6) is 0 Å². The number of carbonyl (C=O) groups excluding carboxylic acids is 2. The summed E-state index contributed by atoms with van der Waals surface area (Å²) in [5, 5.41) is 6.30. The van der Waals surface area contributed by atoms with Gasteiger partial charge in [0.05, 0.1) is 16.8 Å². The lowest BCUT2D eigenvalue weighted by molar-refractivity contribution is -0.120. The quantitative estimate of drug-likeness (QED) is 0.783. The van der Waals surface area contributed by atoms with E-state index in [1.54, 1.807) is 37.4 Å². The molecule has 0 aliphatic carbocycles. The van der Waals surface area contributed by atoms with Gasteiger partial charge >= 0.3 is 0 Å². The molecule has 0 radical (unpaired) electrons. The second-order valence-electron chi connectivity index (χ2n) is 5.98. The lowest BCUT2D eigenvalue weighted by Gasteiger charge is -2.24. The van der Waals surface area contributed by atoms with Crippen molar-refractivity contribution in [3.05, 3.63) is 63.6 Å². The minimum absolute atomic E-state index is 0.127. The maximum atomic E-state index is 12.5. The average Bonchev–Trinajstić information content (AvgIpc) is 2.63. The molecule has 2 aromatic rings. The molecule has 26 heavy (non-hydrogen) atoms. The molecule has 2 N–H and O–H groups in total. The van der Waals surface area contributed by atoms with Crippen molar-refractivity contribution >= 4 is 40.7 Å². The van der Waals surface area contributed by atoms with E-state index in [0.29, 0.717) is 27.8 Å². The predicted molar refractivity (Wildman–Crippen MR) is 106 cm³/mol. The number of nitrogens with one attached hydrogen (secondary N) is 2. The van der Waals surface area contributed by atoms with E-state index in [9.17, 15) is 9.59 Å². The number of benzene rings is 2. The number of hydrogen-bond donors (Lipinski definition) is 2. The molecule has 1 atom stereocenters. The fraction of sp³-hybridized carbons (Fsp3) is 0.263. The molecule has 0 aliphatic rings. The number of hydrogen-bond acceptors (Lipinski definition) is 3. The molecule has 0 unspecified atom stereocenters. The monoisotopic (exact) mass is 393 g/mol. The second-order valence-corrected chi connectivity index (χ2v) is 6.82. The van der Waals surface area contributed by atoms with Gasteiger partial charge in [-0.3, -0.25) is 14.5 Å². The van der Waals surface area contributed by atoms with Crippen molar-refractivity contribution in [2.45, 2.75) is 19.5 Å². The molecule has 0 aromatic heterocycles.